The number of carbonyl (C=O) groups is 2. The highest BCUT2D eigenvalue weighted by atomic mass is 16.5. The second-order valence-corrected chi connectivity index (χ2v) is 2.98. The normalized spacial score (nSPS) is 10.2. The Labute approximate surface area is 71.6 Å². The summed E-state index contributed by atoms with van der Waals surface area (Å²) in [6.45, 7) is 7.30. The molecule has 0 saturated heterocycles. The van der Waals surface area contributed by atoms with E-state index in [0.717, 1.165) is 0 Å². The Morgan fingerprint density at radius 2 is 2.25 bits per heavy atom. The zero-order chi connectivity index (χ0) is 9.61. The van der Waals surface area contributed by atoms with Crippen LogP contribution in [0.25, 0.3) is 0 Å². The number of rotatable bonds is 5. The molecule has 0 aliphatic heterocycles. The summed E-state index contributed by atoms with van der Waals surface area (Å²) in [7, 11) is 0. The van der Waals surface area contributed by atoms with Crippen molar-refractivity contribution in [3.05, 3.63) is 12.7 Å². The second-order valence-electron chi connectivity index (χ2n) is 2.98. The molecule has 0 atom stereocenters. The number of hydrogen-bond acceptors (Lipinski definition) is 3. The van der Waals surface area contributed by atoms with Crippen LogP contribution in [0.15, 0.2) is 12.7 Å². The van der Waals surface area contributed by atoms with E-state index in [4.69, 9.17) is 0 Å². The Kier molecular flexibility index (Phi) is 4.04. The van der Waals surface area contributed by atoms with Crippen LogP contribution in [0.5, 0.6) is 0 Å². The van der Waals surface area contributed by atoms with Crippen molar-refractivity contribution >= 4 is 12.4 Å². The molecule has 68 valence electrons. The molecule has 0 fully saturated rings. The van der Waals surface area contributed by atoms with Gasteiger partial charge in [-0.15, -0.1) is 0 Å². The maximum Gasteiger partial charge on any atom is 0.293 e. The molecule has 0 unspecified atom stereocenters. The largest absolute Gasteiger partial charge is 0.465 e. The molecule has 12 heavy (non-hydrogen) atoms. The van der Waals surface area contributed by atoms with E-state index in [-0.39, 0.29) is 12.5 Å². The van der Waals surface area contributed by atoms with E-state index in [0.29, 0.717) is 6.47 Å². The molecule has 4 heteroatoms. The zero-order valence-electron chi connectivity index (χ0n) is 7.29. The fourth-order valence-electron chi connectivity index (χ4n) is 0.663. The summed E-state index contributed by atoms with van der Waals surface area (Å²) in [6.07, 6.45) is 1.17. The minimum atomic E-state index is -0.549. The summed E-state index contributed by atoms with van der Waals surface area (Å²) in [5, 5.41) is 2.60. The summed E-state index contributed by atoms with van der Waals surface area (Å²) in [6, 6.07) is 0. The molecule has 0 aromatic rings. The van der Waals surface area contributed by atoms with Gasteiger partial charge in [-0.05, 0) is 19.9 Å². The van der Waals surface area contributed by atoms with Gasteiger partial charge in [-0.1, -0.05) is 6.58 Å². The Morgan fingerprint density at radius 1 is 1.67 bits per heavy atom. The van der Waals surface area contributed by atoms with E-state index in [1.165, 1.54) is 6.08 Å². The Bertz CT molecular complexity index is 187. The first-order valence-corrected chi connectivity index (χ1v) is 3.51. The SMILES string of the molecule is C=CC(=O)NC(C)(C)COC=O. The van der Waals surface area contributed by atoms with E-state index in [9.17, 15) is 9.59 Å². The molecule has 0 bridgehead atoms. The number of hydrogen-bond donors (Lipinski definition) is 1. The maximum atomic E-state index is 10.8. The molecular weight excluding hydrogens is 158 g/mol. The molecule has 0 aliphatic carbocycles. The van der Waals surface area contributed by atoms with E-state index in [1.807, 2.05) is 0 Å². The number of nitrogens with one attached hydrogen (secondary N) is 1. The summed E-state index contributed by atoms with van der Waals surface area (Å²) in [5.41, 5.74) is -0.549. The van der Waals surface area contributed by atoms with Crippen molar-refractivity contribution in [2.45, 2.75) is 19.4 Å². The van der Waals surface area contributed by atoms with Gasteiger partial charge in [0.15, 0.2) is 0 Å². The van der Waals surface area contributed by atoms with Crippen molar-refractivity contribution in [2.24, 2.45) is 0 Å². The zero-order valence-corrected chi connectivity index (χ0v) is 7.29. The lowest BCUT2D eigenvalue weighted by atomic mass is 10.1. The monoisotopic (exact) mass is 171 g/mol. The summed E-state index contributed by atoms with van der Waals surface area (Å²) >= 11 is 0. The molecule has 1 N–H and O–H groups in total. The molecule has 0 aromatic carbocycles. The van der Waals surface area contributed by atoms with Crippen LogP contribution in [-0.4, -0.2) is 24.5 Å². The maximum absolute atomic E-state index is 10.8. The second kappa shape index (κ2) is 4.54. The molecule has 0 heterocycles. The highest BCUT2D eigenvalue weighted by molar-refractivity contribution is 5.87. The highest BCUT2D eigenvalue weighted by Gasteiger charge is 2.19. The minimum Gasteiger partial charge on any atom is -0.465 e. The van der Waals surface area contributed by atoms with Crippen molar-refractivity contribution < 1.29 is 14.3 Å². The Hall–Kier alpha value is -1.32. The molecule has 0 radical (unpaired) electrons. The number of amides is 1. The van der Waals surface area contributed by atoms with Gasteiger partial charge in [0.25, 0.3) is 6.47 Å². The van der Waals surface area contributed by atoms with Crippen LogP contribution in [0.3, 0.4) is 0 Å². The standard InChI is InChI=1S/C8H13NO3/c1-4-7(11)9-8(2,3)5-12-6-10/h4,6H,1,5H2,2-3H3,(H,9,11). The third-order valence-electron chi connectivity index (χ3n) is 1.16. The van der Waals surface area contributed by atoms with Gasteiger partial charge < -0.3 is 10.1 Å². The topological polar surface area (TPSA) is 55.4 Å². The van der Waals surface area contributed by atoms with E-state index >= 15 is 0 Å². The lowest BCUT2D eigenvalue weighted by Gasteiger charge is -2.23. The molecule has 0 rings (SSSR count). The third-order valence-corrected chi connectivity index (χ3v) is 1.16. The van der Waals surface area contributed by atoms with Crippen LogP contribution in [0.1, 0.15) is 13.8 Å². The Balaban J connectivity index is 3.93. The van der Waals surface area contributed by atoms with Crippen LogP contribution in [0.4, 0.5) is 0 Å². The van der Waals surface area contributed by atoms with E-state index in [1.54, 1.807) is 13.8 Å². The molecular formula is C8H13NO3. The van der Waals surface area contributed by atoms with Crippen LogP contribution in [0.2, 0.25) is 0 Å². The van der Waals surface area contributed by atoms with Gasteiger partial charge >= 0.3 is 0 Å². The number of carbonyl (C=O) groups excluding carboxylic acids is 2. The van der Waals surface area contributed by atoms with Crippen molar-refractivity contribution in [2.75, 3.05) is 6.61 Å². The van der Waals surface area contributed by atoms with Gasteiger partial charge in [0.2, 0.25) is 5.91 Å². The van der Waals surface area contributed by atoms with Gasteiger partial charge in [-0.25, -0.2) is 0 Å². The third kappa shape index (κ3) is 4.49. The van der Waals surface area contributed by atoms with Gasteiger partial charge in [-0.2, -0.15) is 0 Å². The highest BCUT2D eigenvalue weighted by Crippen LogP contribution is 2.01. The first kappa shape index (κ1) is 10.7. The molecule has 0 aliphatic rings. The first-order valence-electron chi connectivity index (χ1n) is 3.51. The summed E-state index contributed by atoms with van der Waals surface area (Å²) in [5.74, 6) is -0.283. The van der Waals surface area contributed by atoms with Gasteiger partial charge in [0.1, 0.15) is 6.61 Å². The van der Waals surface area contributed by atoms with Gasteiger partial charge in [-0.3, -0.25) is 9.59 Å². The fourth-order valence-corrected chi connectivity index (χ4v) is 0.663. The van der Waals surface area contributed by atoms with E-state index < -0.39 is 5.54 Å². The molecule has 0 saturated carbocycles. The average Bonchev–Trinajstić information content (AvgIpc) is 2.00. The molecule has 1 amide bonds. The quantitative estimate of drug-likeness (QED) is 0.476. The molecule has 0 spiro atoms. The van der Waals surface area contributed by atoms with Crippen molar-refractivity contribution in [1.29, 1.82) is 0 Å². The first-order chi connectivity index (χ1) is 5.52. The summed E-state index contributed by atoms with van der Waals surface area (Å²) in [4.78, 5) is 20.7. The van der Waals surface area contributed by atoms with Crippen molar-refractivity contribution in [3.8, 4) is 0 Å². The lowest BCUT2D eigenvalue weighted by Crippen LogP contribution is -2.46. The van der Waals surface area contributed by atoms with Crippen molar-refractivity contribution in [1.82, 2.24) is 5.32 Å². The average molecular weight is 171 g/mol. The summed E-state index contributed by atoms with van der Waals surface area (Å²) < 4.78 is 4.51. The Morgan fingerprint density at radius 3 is 2.67 bits per heavy atom. The van der Waals surface area contributed by atoms with E-state index in [2.05, 4.69) is 16.6 Å². The molecule has 4 nitrogen and oxygen atoms in total. The lowest BCUT2D eigenvalue weighted by molar-refractivity contribution is -0.132. The fraction of sp³-hybridized carbons (Fsp3) is 0.500. The predicted molar refractivity (Wildman–Crippen MR) is 44.4 cm³/mol. The van der Waals surface area contributed by atoms with Crippen LogP contribution >= 0.6 is 0 Å². The predicted octanol–water partition coefficient (Wildman–Crippen LogP) is 0.240. The smallest absolute Gasteiger partial charge is 0.293 e. The van der Waals surface area contributed by atoms with Crippen LogP contribution in [0, 0.1) is 0 Å². The van der Waals surface area contributed by atoms with Crippen molar-refractivity contribution in [3.63, 3.8) is 0 Å². The minimum absolute atomic E-state index is 0.149. The molecule has 0 aromatic heterocycles. The van der Waals surface area contributed by atoms with Crippen LogP contribution in [-0.2, 0) is 14.3 Å². The van der Waals surface area contributed by atoms with Gasteiger partial charge in [0.05, 0.1) is 5.54 Å². The van der Waals surface area contributed by atoms with Gasteiger partial charge in [0, 0.05) is 0 Å². The van der Waals surface area contributed by atoms with Crippen LogP contribution < -0.4 is 5.32 Å². The number of ether oxygens (including phenoxy) is 1.